The van der Waals surface area contributed by atoms with Gasteiger partial charge in [0.15, 0.2) is 17.3 Å². The average molecular weight is 318 g/mol. The molecule has 0 aliphatic carbocycles. The Morgan fingerprint density at radius 1 is 0.913 bits per heavy atom. The van der Waals surface area contributed by atoms with Gasteiger partial charge in [-0.3, -0.25) is 4.79 Å². The SMILES string of the molecule is COc1cc(O)c(C(=O)Cc2ccc(O)c(OC)c2)c(OC)c1. The van der Waals surface area contributed by atoms with E-state index in [1.54, 1.807) is 12.1 Å². The molecular weight excluding hydrogens is 300 g/mol. The van der Waals surface area contributed by atoms with Crippen molar-refractivity contribution < 1.29 is 29.2 Å². The zero-order valence-corrected chi connectivity index (χ0v) is 13.1. The summed E-state index contributed by atoms with van der Waals surface area (Å²) in [4.78, 5) is 12.5. The van der Waals surface area contributed by atoms with Gasteiger partial charge in [0.1, 0.15) is 22.8 Å². The topological polar surface area (TPSA) is 85.2 Å². The van der Waals surface area contributed by atoms with Gasteiger partial charge in [0, 0.05) is 18.6 Å². The predicted molar refractivity (Wildman–Crippen MR) is 83.9 cm³/mol. The lowest BCUT2D eigenvalue weighted by atomic mass is 10.0. The molecule has 23 heavy (non-hydrogen) atoms. The molecule has 0 spiro atoms. The highest BCUT2D eigenvalue weighted by Gasteiger charge is 2.20. The Kier molecular flexibility index (Phi) is 4.95. The average Bonchev–Trinajstić information content (AvgIpc) is 2.55. The lowest BCUT2D eigenvalue weighted by Gasteiger charge is -2.12. The number of ether oxygens (including phenoxy) is 3. The van der Waals surface area contributed by atoms with E-state index >= 15 is 0 Å². The van der Waals surface area contributed by atoms with Crippen molar-refractivity contribution in [3.63, 3.8) is 0 Å². The van der Waals surface area contributed by atoms with E-state index in [1.807, 2.05) is 0 Å². The van der Waals surface area contributed by atoms with Gasteiger partial charge in [-0.2, -0.15) is 0 Å². The number of phenols is 2. The van der Waals surface area contributed by atoms with E-state index in [4.69, 9.17) is 14.2 Å². The molecule has 0 saturated heterocycles. The Hall–Kier alpha value is -2.89. The first kappa shape index (κ1) is 16.5. The molecule has 2 aromatic rings. The van der Waals surface area contributed by atoms with Crippen molar-refractivity contribution >= 4 is 5.78 Å². The van der Waals surface area contributed by atoms with Crippen molar-refractivity contribution in [1.82, 2.24) is 0 Å². The Labute approximate surface area is 133 Å². The summed E-state index contributed by atoms with van der Waals surface area (Å²) >= 11 is 0. The standard InChI is InChI=1S/C17H18O6/c1-21-11-8-14(20)17(16(9-11)23-3)13(19)6-10-4-5-12(18)15(7-10)22-2/h4-5,7-9,18,20H,6H2,1-3H3. The summed E-state index contributed by atoms with van der Waals surface area (Å²) in [6, 6.07) is 7.52. The minimum atomic E-state index is -0.324. The molecule has 0 bridgehead atoms. The third kappa shape index (κ3) is 3.48. The second kappa shape index (κ2) is 6.91. The van der Waals surface area contributed by atoms with Gasteiger partial charge in [0.05, 0.1) is 21.3 Å². The van der Waals surface area contributed by atoms with Crippen LogP contribution in [0.1, 0.15) is 15.9 Å². The third-order valence-electron chi connectivity index (χ3n) is 3.40. The highest BCUT2D eigenvalue weighted by atomic mass is 16.5. The minimum Gasteiger partial charge on any atom is -0.507 e. The number of rotatable bonds is 6. The molecule has 0 radical (unpaired) electrons. The lowest BCUT2D eigenvalue weighted by molar-refractivity contribution is 0.0987. The van der Waals surface area contributed by atoms with Gasteiger partial charge in [-0.05, 0) is 17.7 Å². The normalized spacial score (nSPS) is 10.2. The number of phenolic OH excluding ortho intramolecular Hbond substituents is 2. The molecule has 6 nitrogen and oxygen atoms in total. The van der Waals surface area contributed by atoms with Gasteiger partial charge >= 0.3 is 0 Å². The fraction of sp³-hybridized carbons (Fsp3) is 0.235. The Morgan fingerprint density at radius 2 is 1.61 bits per heavy atom. The van der Waals surface area contributed by atoms with Gasteiger partial charge in [0.25, 0.3) is 0 Å². The van der Waals surface area contributed by atoms with E-state index in [2.05, 4.69) is 0 Å². The van der Waals surface area contributed by atoms with Crippen LogP contribution in [0.2, 0.25) is 0 Å². The summed E-state index contributed by atoms with van der Waals surface area (Å²) in [7, 11) is 4.30. The number of hydrogen-bond donors (Lipinski definition) is 2. The molecule has 2 aromatic carbocycles. The molecule has 122 valence electrons. The van der Waals surface area contributed by atoms with Crippen molar-refractivity contribution in [2.75, 3.05) is 21.3 Å². The fourth-order valence-corrected chi connectivity index (χ4v) is 2.24. The Balaban J connectivity index is 2.34. The molecule has 0 unspecified atom stereocenters. The summed E-state index contributed by atoms with van der Waals surface area (Å²) in [6.07, 6.45) is 0.0207. The van der Waals surface area contributed by atoms with Crippen LogP contribution in [0.4, 0.5) is 0 Å². The van der Waals surface area contributed by atoms with Gasteiger partial charge < -0.3 is 24.4 Å². The first-order valence-corrected chi connectivity index (χ1v) is 6.84. The molecule has 0 fully saturated rings. The van der Waals surface area contributed by atoms with E-state index in [-0.39, 0.29) is 40.8 Å². The summed E-state index contributed by atoms with van der Waals surface area (Å²) in [6.45, 7) is 0. The summed E-state index contributed by atoms with van der Waals surface area (Å²) in [5, 5.41) is 19.7. The van der Waals surface area contributed by atoms with Gasteiger partial charge in [0.2, 0.25) is 0 Å². The predicted octanol–water partition coefficient (Wildman–Crippen LogP) is 2.55. The molecule has 0 amide bonds. The molecule has 0 aromatic heterocycles. The Morgan fingerprint density at radius 3 is 2.22 bits per heavy atom. The van der Waals surface area contributed by atoms with Crippen molar-refractivity contribution in [1.29, 1.82) is 0 Å². The van der Waals surface area contributed by atoms with Crippen LogP contribution in [0.5, 0.6) is 28.7 Å². The lowest BCUT2D eigenvalue weighted by Crippen LogP contribution is -2.07. The largest absolute Gasteiger partial charge is 0.507 e. The van der Waals surface area contributed by atoms with Crippen molar-refractivity contribution in [2.24, 2.45) is 0 Å². The highest BCUT2D eigenvalue weighted by molar-refractivity contribution is 6.02. The fourth-order valence-electron chi connectivity index (χ4n) is 2.24. The van der Waals surface area contributed by atoms with Crippen LogP contribution in [0, 0.1) is 0 Å². The second-order valence-corrected chi connectivity index (χ2v) is 4.83. The zero-order valence-electron chi connectivity index (χ0n) is 13.1. The molecule has 6 heteroatoms. The molecule has 2 rings (SSSR count). The molecule has 0 atom stereocenters. The number of methoxy groups -OCH3 is 3. The first-order valence-electron chi connectivity index (χ1n) is 6.84. The first-order chi connectivity index (χ1) is 11.0. The maximum atomic E-state index is 12.5. The number of carbonyl (C=O) groups excluding carboxylic acids is 1. The maximum absolute atomic E-state index is 12.5. The van der Waals surface area contributed by atoms with Gasteiger partial charge in [-0.1, -0.05) is 6.07 Å². The molecule has 0 aliphatic heterocycles. The van der Waals surface area contributed by atoms with Crippen molar-refractivity contribution in [3.8, 4) is 28.7 Å². The van der Waals surface area contributed by atoms with E-state index in [0.29, 0.717) is 11.3 Å². The van der Waals surface area contributed by atoms with Crippen LogP contribution in [0.15, 0.2) is 30.3 Å². The third-order valence-corrected chi connectivity index (χ3v) is 3.40. The number of ketones is 1. The second-order valence-electron chi connectivity index (χ2n) is 4.83. The van der Waals surface area contributed by atoms with E-state index < -0.39 is 0 Å². The van der Waals surface area contributed by atoms with E-state index in [9.17, 15) is 15.0 Å². The summed E-state index contributed by atoms with van der Waals surface area (Å²) in [5.74, 6) is 0.362. The van der Waals surface area contributed by atoms with Crippen molar-refractivity contribution in [2.45, 2.75) is 6.42 Å². The van der Waals surface area contributed by atoms with Crippen LogP contribution in [0.25, 0.3) is 0 Å². The molecule has 0 aliphatic rings. The number of benzene rings is 2. The van der Waals surface area contributed by atoms with E-state index in [1.165, 1.54) is 39.5 Å². The monoisotopic (exact) mass is 318 g/mol. The molecular formula is C17H18O6. The zero-order chi connectivity index (χ0) is 17.0. The van der Waals surface area contributed by atoms with E-state index in [0.717, 1.165) is 0 Å². The van der Waals surface area contributed by atoms with Crippen LogP contribution in [-0.4, -0.2) is 37.3 Å². The quantitative estimate of drug-likeness (QED) is 0.796. The minimum absolute atomic E-state index is 0.00595. The van der Waals surface area contributed by atoms with Crippen LogP contribution < -0.4 is 14.2 Å². The van der Waals surface area contributed by atoms with Crippen LogP contribution in [-0.2, 0) is 6.42 Å². The number of Topliss-reactive ketones (excluding diaryl/α,β-unsaturated/α-hetero) is 1. The number of hydrogen-bond acceptors (Lipinski definition) is 6. The number of carbonyl (C=O) groups is 1. The van der Waals surface area contributed by atoms with Gasteiger partial charge in [-0.25, -0.2) is 0 Å². The highest BCUT2D eigenvalue weighted by Crippen LogP contribution is 2.34. The summed E-state index contributed by atoms with van der Waals surface area (Å²) < 4.78 is 15.2. The smallest absolute Gasteiger partial charge is 0.174 e. The Bertz CT molecular complexity index is 723. The summed E-state index contributed by atoms with van der Waals surface area (Å²) in [5.41, 5.74) is 0.724. The molecule has 2 N–H and O–H groups in total. The van der Waals surface area contributed by atoms with Crippen LogP contribution >= 0.6 is 0 Å². The maximum Gasteiger partial charge on any atom is 0.174 e. The van der Waals surface area contributed by atoms with Gasteiger partial charge in [-0.15, -0.1) is 0 Å². The van der Waals surface area contributed by atoms with Crippen LogP contribution in [0.3, 0.4) is 0 Å². The molecule has 0 heterocycles. The number of aromatic hydroxyl groups is 2. The van der Waals surface area contributed by atoms with Crippen molar-refractivity contribution in [3.05, 3.63) is 41.5 Å². The molecule has 0 saturated carbocycles.